The van der Waals surface area contributed by atoms with Gasteiger partial charge in [-0.15, -0.1) is 0 Å². The fourth-order valence-electron chi connectivity index (χ4n) is 2.54. The fraction of sp³-hybridized carbons (Fsp3) is 0.200. The molecule has 5 nitrogen and oxygen atoms in total. The normalized spacial score (nSPS) is 11.3. The van der Waals surface area contributed by atoms with Gasteiger partial charge >= 0.3 is 5.97 Å². The van der Waals surface area contributed by atoms with Crippen LogP contribution >= 0.6 is 0 Å². The number of anilines is 1. The third-order valence-corrected chi connectivity index (χ3v) is 3.56. The summed E-state index contributed by atoms with van der Waals surface area (Å²) in [5.74, 6) is -0.739. The molecular formula is C20H20N2O3. The second-order valence-corrected chi connectivity index (χ2v) is 6.72. The molecule has 0 saturated heterocycles. The molecule has 0 spiro atoms. The second-order valence-electron chi connectivity index (χ2n) is 6.72. The predicted molar refractivity (Wildman–Crippen MR) is 97.0 cm³/mol. The van der Waals surface area contributed by atoms with Crippen molar-refractivity contribution in [1.29, 1.82) is 0 Å². The van der Waals surface area contributed by atoms with Crippen LogP contribution in [0.1, 0.15) is 41.6 Å². The lowest BCUT2D eigenvalue weighted by Crippen LogP contribution is -2.24. The molecule has 1 aromatic carbocycles. The maximum Gasteiger partial charge on any atom is 0.355 e. The highest BCUT2D eigenvalue weighted by molar-refractivity contribution is 6.11. The monoisotopic (exact) mass is 336 g/mol. The molecule has 5 heteroatoms. The smallest absolute Gasteiger partial charge is 0.355 e. The molecule has 0 atom stereocenters. The van der Waals surface area contributed by atoms with Crippen molar-refractivity contribution < 1.29 is 14.3 Å². The lowest BCUT2D eigenvalue weighted by atomic mass is 10.2. The SMILES string of the molecule is CC(C)(C)OC(=O)c1cc(C(=O)Nc2ccccc2)c2ccccn12. The minimum Gasteiger partial charge on any atom is -0.455 e. The van der Waals surface area contributed by atoms with Gasteiger partial charge in [0.25, 0.3) is 5.91 Å². The Bertz CT molecular complexity index is 921. The number of esters is 1. The van der Waals surface area contributed by atoms with E-state index in [0.29, 0.717) is 22.5 Å². The van der Waals surface area contributed by atoms with Crippen LogP contribution in [0.3, 0.4) is 0 Å². The van der Waals surface area contributed by atoms with E-state index in [1.54, 1.807) is 28.8 Å². The number of pyridine rings is 1. The van der Waals surface area contributed by atoms with E-state index in [0.717, 1.165) is 0 Å². The first-order valence-electron chi connectivity index (χ1n) is 8.05. The van der Waals surface area contributed by atoms with Gasteiger partial charge in [0.1, 0.15) is 11.3 Å². The van der Waals surface area contributed by atoms with Gasteiger partial charge in [0.2, 0.25) is 0 Å². The van der Waals surface area contributed by atoms with Crippen LogP contribution in [0.15, 0.2) is 60.8 Å². The lowest BCUT2D eigenvalue weighted by molar-refractivity contribution is 0.00618. The quantitative estimate of drug-likeness (QED) is 0.731. The van der Waals surface area contributed by atoms with Crippen molar-refractivity contribution in [2.24, 2.45) is 0 Å². The van der Waals surface area contributed by atoms with E-state index in [-0.39, 0.29) is 5.91 Å². The van der Waals surface area contributed by atoms with Crippen molar-refractivity contribution in [3.63, 3.8) is 0 Å². The minimum atomic E-state index is -0.609. The first kappa shape index (κ1) is 16.8. The number of nitrogens with zero attached hydrogens (tertiary/aromatic N) is 1. The maximum atomic E-state index is 12.7. The number of para-hydroxylation sites is 1. The molecule has 1 amide bonds. The highest BCUT2D eigenvalue weighted by atomic mass is 16.6. The number of amides is 1. The molecule has 0 unspecified atom stereocenters. The van der Waals surface area contributed by atoms with Gasteiger partial charge in [0.15, 0.2) is 0 Å². The molecule has 2 heterocycles. The Morgan fingerprint density at radius 2 is 1.68 bits per heavy atom. The third-order valence-electron chi connectivity index (χ3n) is 3.56. The van der Waals surface area contributed by atoms with Gasteiger partial charge in [-0.05, 0) is 51.1 Å². The molecular weight excluding hydrogens is 316 g/mol. The van der Waals surface area contributed by atoms with Crippen LogP contribution in [-0.2, 0) is 4.74 Å². The molecule has 0 fully saturated rings. The number of hydrogen-bond donors (Lipinski definition) is 1. The lowest BCUT2D eigenvalue weighted by Gasteiger charge is -2.19. The van der Waals surface area contributed by atoms with E-state index >= 15 is 0 Å². The van der Waals surface area contributed by atoms with E-state index in [1.807, 2.05) is 57.2 Å². The summed E-state index contributed by atoms with van der Waals surface area (Å²) in [7, 11) is 0. The number of carbonyl (C=O) groups excluding carboxylic acids is 2. The highest BCUT2D eigenvalue weighted by Crippen LogP contribution is 2.21. The summed E-state index contributed by atoms with van der Waals surface area (Å²) >= 11 is 0. The zero-order valence-corrected chi connectivity index (χ0v) is 14.4. The Labute approximate surface area is 146 Å². The van der Waals surface area contributed by atoms with Crippen molar-refractivity contribution >= 4 is 23.1 Å². The van der Waals surface area contributed by atoms with Crippen LogP contribution in [0, 0.1) is 0 Å². The molecule has 0 bridgehead atoms. The number of aromatic nitrogens is 1. The van der Waals surface area contributed by atoms with Crippen LogP contribution in [-0.4, -0.2) is 21.9 Å². The highest BCUT2D eigenvalue weighted by Gasteiger charge is 2.24. The Balaban J connectivity index is 1.99. The zero-order valence-electron chi connectivity index (χ0n) is 14.4. The number of rotatable bonds is 3. The van der Waals surface area contributed by atoms with Crippen molar-refractivity contribution in [3.8, 4) is 0 Å². The van der Waals surface area contributed by atoms with Gasteiger partial charge in [0, 0.05) is 11.9 Å². The first-order valence-corrected chi connectivity index (χ1v) is 8.05. The average molecular weight is 336 g/mol. The Hall–Kier alpha value is -3.08. The van der Waals surface area contributed by atoms with E-state index in [2.05, 4.69) is 5.32 Å². The largest absolute Gasteiger partial charge is 0.455 e. The van der Waals surface area contributed by atoms with Gasteiger partial charge in [-0.2, -0.15) is 0 Å². The first-order chi connectivity index (χ1) is 11.8. The summed E-state index contributed by atoms with van der Waals surface area (Å²) in [6, 6.07) is 16.2. The van der Waals surface area contributed by atoms with Crippen LogP contribution in [0.4, 0.5) is 5.69 Å². The topological polar surface area (TPSA) is 59.8 Å². The Kier molecular flexibility index (Phi) is 4.31. The number of nitrogens with one attached hydrogen (secondary N) is 1. The van der Waals surface area contributed by atoms with Crippen molar-refractivity contribution in [3.05, 3.63) is 72.1 Å². The Morgan fingerprint density at radius 1 is 1.00 bits per heavy atom. The van der Waals surface area contributed by atoms with Crippen LogP contribution in [0.25, 0.3) is 5.52 Å². The Morgan fingerprint density at radius 3 is 2.36 bits per heavy atom. The molecule has 1 N–H and O–H groups in total. The van der Waals surface area contributed by atoms with Gasteiger partial charge in [-0.25, -0.2) is 4.79 Å². The zero-order chi connectivity index (χ0) is 18.0. The molecule has 128 valence electrons. The van der Waals surface area contributed by atoms with E-state index in [4.69, 9.17) is 4.74 Å². The van der Waals surface area contributed by atoms with Gasteiger partial charge < -0.3 is 14.5 Å². The summed E-state index contributed by atoms with van der Waals surface area (Å²) in [6.45, 7) is 5.43. The molecule has 0 aliphatic carbocycles. The number of hydrogen-bond acceptors (Lipinski definition) is 3. The van der Waals surface area contributed by atoms with Crippen LogP contribution in [0.5, 0.6) is 0 Å². The average Bonchev–Trinajstić information content (AvgIpc) is 2.94. The van der Waals surface area contributed by atoms with Crippen molar-refractivity contribution in [2.45, 2.75) is 26.4 Å². The van der Waals surface area contributed by atoms with Crippen molar-refractivity contribution in [2.75, 3.05) is 5.32 Å². The molecule has 3 rings (SSSR count). The standard InChI is InChI=1S/C20H20N2O3/c1-20(2,3)25-19(24)17-13-15(16-11-7-8-12-22(16)17)18(23)21-14-9-5-4-6-10-14/h4-13H,1-3H3,(H,21,23). The molecule has 0 aliphatic heterocycles. The molecule has 0 radical (unpaired) electrons. The number of benzene rings is 1. The molecule has 0 saturated carbocycles. The fourth-order valence-corrected chi connectivity index (χ4v) is 2.54. The number of carbonyl (C=O) groups is 2. The molecule has 0 aliphatic rings. The third kappa shape index (κ3) is 3.71. The van der Waals surface area contributed by atoms with Gasteiger partial charge in [-0.1, -0.05) is 24.3 Å². The summed E-state index contributed by atoms with van der Waals surface area (Å²) in [6.07, 6.45) is 1.74. The van der Waals surface area contributed by atoms with Crippen molar-refractivity contribution in [1.82, 2.24) is 4.40 Å². The van der Waals surface area contributed by atoms with Gasteiger partial charge in [-0.3, -0.25) is 4.79 Å². The summed E-state index contributed by atoms with van der Waals surface area (Å²) in [5, 5.41) is 2.85. The number of ether oxygens (including phenoxy) is 1. The molecule has 2 aromatic heterocycles. The van der Waals surface area contributed by atoms with Crippen LogP contribution < -0.4 is 5.32 Å². The summed E-state index contributed by atoms with van der Waals surface area (Å²) in [4.78, 5) is 25.2. The van der Waals surface area contributed by atoms with E-state index in [9.17, 15) is 9.59 Å². The second kappa shape index (κ2) is 6.43. The molecule has 3 aromatic rings. The van der Waals surface area contributed by atoms with E-state index < -0.39 is 11.6 Å². The summed E-state index contributed by atoms with van der Waals surface area (Å²) in [5.41, 5.74) is 1.48. The number of fused-ring (bicyclic) bond motifs is 1. The van der Waals surface area contributed by atoms with E-state index in [1.165, 1.54) is 0 Å². The maximum absolute atomic E-state index is 12.7. The van der Waals surface area contributed by atoms with Crippen LogP contribution in [0.2, 0.25) is 0 Å². The minimum absolute atomic E-state index is 0.273. The molecule has 25 heavy (non-hydrogen) atoms. The summed E-state index contributed by atoms with van der Waals surface area (Å²) < 4.78 is 7.13. The predicted octanol–water partition coefficient (Wildman–Crippen LogP) is 4.15. The van der Waals surface area contributed by atoms with Gasteiger partial charge in [0.05, 0.1) is 11.1 Å².